The van der Waals surface area contributed by atoms with Crippen molar-refractivity contribution in [3.05, 3.63) is 53.3 Å². The number of nitrogen functional groups attached to an aromatic ring is 1. The summed E-state index contributed by atoms with van der Waals surface area (Å²) in [6.07, 6.45) is 0. The summed E-state index contributed by atoms with van der Waals surface area (Å²) >= 11 is 5.84. The van der Waals surface area contributed by atoms with Crippen molar-refractivity contribution in [1.29, 1.82) is 0 Å². The average molecular weight is 290 g/mol. The number of benzene rings is 2. The molecule has 1 aromatic heterocycles. The van der Waals surface area contributed by atoms with E-state index in [4.69, 9.17) is 17.3 Å². The monoisotopic (exact) mass is 289 g/mol. The first-order valence-electron chi connectivity index (χ1n) is 5.75. The number of aromatic nitrogens is 4. The number of hydrogen-bond donors (Lipinski definition) is 1. The molecule has 0 aliphatic rings. The SMILES string of the molecule is Nc1ccc(-c2nnnn2-c2ccc(Cl)cc2)c(F)c1. The van der Waals surface area contributed by atoms with Crippen molar-refractivity contribution in [2.24, 2.45) is 0 Å². The Hall–Kier alpha value is -2.47. The van der Waals surface area contributed by atoms with E-state index in [1.54, 1.807) is 36.4 Å². The fourth-order valence-electron chi connectivity index (χ4n) is 1.82. The second kappa shape index (κ2) is 4.90. The molecular weight excluding hydrogens is 281 g/mol. The van der Waals surface area contributed by atoms with E-state index in [1.807, 2.05) is 0 Å². The molecule has 1 heterocycles. The van der Waals surface area contributed by atoms with Crippen LogP contribution in [0.25, 0.3) is 17.1 Å². The highest BCUT2D eigenvalue weighted by atomic mass is 35.5. The molecule has 0 bridgehead atoms. The highest BCUT2D eigenvalue weighted by Crippen LogP contribution is 2.24. The Balaban J connectivity index is 2.12. The van der Waals surface area contributed by atoms with Gasteiger partial charge in [0.15, 0.2) is 5.82 Å². The molecule has 0 radical (unpaired) electrons. The summed E-state index contributed by atoms with van der Waals surface area (Å²) in [6, 6.07) is 11.3. The number of nitrogens with zero attached hydrogens (tertiary/aromatic N) is 4. The Bertz CT molecular complexity index is 754. The van der Waals surface area contributed by atoms with E-state index in [1.165, 1.54) is 10.7 Å². The zero-order valence-corrected chi connectivity index (χ0v) is 10.9. The molecule has 7 heteroatoms. The summed E-state index contributed by atoms with van der Waals surface area (Å²) in [5.41, 5.74) is 6.84. The number of halogens is 2. The third kappa shape index (κ3) is 2.21. The van der Waals surface area contributed by atoms with Crippen LogP contribution in [-0.2, 0) is 0 Å². The van der Waals surface area contributed by atoms with Crippen molar-refractivity contribution in [2.45, 2.75) is 0 Å². The summed E-state index contributed by atoms with van der Waals surface area (Å²) in [5.74, 6) is -0.181. The van der Waals surface area contributed by atoms with Gasteiger partial charge in [0.2, 0.25) is 0 Å². The van der Waals surface area contributed by atoms with Gasteiger partial charge in [-0.2, -0.15) is 4.68 Å². The van der Waals surface area contributed by atoms with Crippen LogP contribution >= 0.6 is 11.6 Å². The van der Waals surface area contributed by atoms with Gasteiger partial charge in [-0.15, -0.1) is 5.10 Å². The van der Waals surface area contributed by atoms with Crippen molar-refractivity contribution < 1.29 is 4.39 Å². The minimum absolute atomic E-state index is 0.277. The smallest absolute Gasteiger partial charge is 0.190 e. The minimum atomic E-state index is -0.477. The summed E-state index contributed by atoms with van der Waals surface area (Å²) in [5, 5.41) is 11.9. The molecule has 5 nitrogen and oxygen atoms in total. The zero-order chi connectivity index (χ0) is 14.1. The van der Waals surface area contributed by atoms with Crippen LogP contribution in [-0.4, -0.2) is 20.2 Å². The maximum absolute atomic E-state index is 14.0. The number of nitrogens with two attached hydrogens (primary N) is 1. The lowest BCUT2D eigenvalue weighted by Crippen LogP contribution is -2.01. The Labute approximate surface area is 118 Å². The Morgan fingerprint density at radius 3 is 2.55 bits per heavy atom. The van der Waals surface area contributed by atoms with Gasteiger partial charge in [-0.05, 0) is 52.9 Å². The van der Waals surface area contributed by atoms with E-state index >= 15 is 0 Å². The van der Waals surface area contributed by atoms with Gasteiger partial charge in [-0.1, -0.05) is 11.6 Å². The lowest BCUT2D eigenvalue weighted by atomic mass is 10.2. The van der Waals surface area contributed by atoms with E-state index in [9.17, 15) is 4.39 Å². The van der Waals surface area contributed by atoms with Crippen LogP contribution in [0.2, 0.25) is 5.02 Å². The quantitative estimate of drug-likeness (QED) is 0.736. The van der Waals surface area contributed by atoms with Crippen LogP contribution in [0.5, 0.6) is 0 Å². The third-order valence-corrected chi connectivity index (χ3v) is 3.03. The zero-order valence-electron chi connectivity index (χ0n) is 10.2. The van der Waals surface area contributed by atoms with Gasteiger partial charge < -0.3 is 5.73 Å². The van der Waals surface area contributed by atoms with Gasteiger partial charge in [0.05, 0.1) is 11.3 Å². The first kappa shape index (κ1) is 12.6. The summed E-state index contributed by atoms with van der Waals surface area (Å²) in [6.45, 7) is 0. The van der Waals surface area contributed by atoms with Crippen LogP contribution in [0.4, 0.5) is 10.1 Å². The van der Waals surface area contributed by atoms with Gasteiger partial charge in [0.25, 0.3) is 0 Å². The van der Waals surface area contributed by atoms with Crippen molar-refractivity contribution in [3.8, 4) is 17.1 Å². The van der Waals surface area contributed by atoms with E-state index in [0.29, 0.717) is 22.2 Å². The fourth-order valence-corrected chi connectivity index (χ4v) is 1.95. The van der Waals surface area contributed by atoms with Gasteiger partial charge >= 0.3 is 0 Å². The van der Waals surface area contributed by atoms with Gasteiger partial charge in [0, 0.05) is 10.7 Å². The molecule has 3 aromatic rings. The Morgan fingerprint density at radius 2 is 1.85 bits per heavy atom. The third-order valence-electron chi connectivity index (χ3n) is 2.77. The largest absolute Gasteiger partial charge is 0.399 e. The number of hydrogen-bond acceptors (Lipinski definition) is 4. The van der Waals surface area contributed by atoms with Crippen LogP contribution in [0.3, 0.4) is 0 Å². The highest BCUT2D eigenvalue weighted by Gasteiger charge is 2.14. The molecule has 100 valence electrons. The molecule has 0 fully saturated rings. The van der Waals surface area contributed by atoms with Crippen LogP contribution < -0.4 is 5.73 Å². The van der Waals surface area contributed by atoms with Crippen molar-refractivity contribution in [3.63, 3.8) is 0 Å². The van der Waals surface area contributed by atoms with Gasteiger partial charge in [0.1, 0.15) is 5.82 Å². The number of rotatable bonds is 2. The summed E-state index contributed by atoms with van der Waals surface area (Å²) in [4.78, 5) is 0. The molecule has 20 heavy (non-hydrogen) atoms. The first-order chi connectivity index (χ1) is 9.65. The molecule has 0 amide bonds. The summed E-state index contributed by atoms with van der Waals surface area (Å²) in [7, 11) is 0. The van der Waals surface area contributed by atoms with E-state index < -0.39 is 5.82 Å². The van der Waals surface area contributed by atoms with Crippen LogP contribution in [0, 0.1) is 5.82 Å². The maximum atomic E-state index is 14.0. The molecule has 0 atom stereocenters. The van der Waals surface area contributed by atoms with Crippen molar-refractivity contribution in [1.82, 2.24) is 20.2 Å². The molecule has 0 aliphatic heterocycles. The topological polar surface area (TPSA) is 69.6 Å². The summed E-state index contributed by atoms with van der Waals surface area (Å²) < 4.78 is 15.4. The molecule has 0 spiro atoms. The molecule has 0 saturated carbocycles. The van der Waals surface area contributed by atoms with E-state index in [-0.39, 0.29) is 5.56 Å². The van der Waals surface area contributed by atoms with Gasteiger partial charge in [-0.3, -0.25) is 0 Å². The predicted octanol–water partition coefficient (Wildman–Crippen LogP) is 2.70. The van der Waals surface area contributed by atoms with E-state index in [0.717, 1.165) is 0 Å². The van der Waals surface area contributed by atoms with Crippen molar-refractivity contribution >= 4 is 17.3 Å². The Kier molecular flexibility index (Phi) is 3.08. The molecule has 0 saturated heterocycles. The number of tetrazole rings is 1. The Morgan fingerprint density at radius 1 is 1.10 bits per heavy atom. The maximum Gasteiger partial charge on any atom is 0.190 e. The lowest BCUT2D eigenvalue weighted by Gasteiger charge is -2.06. The lowest BCUT2D eigenvalue weighted by molar-refractivity contribution is 0.629. The predicted molar refractivity (Wildman–Crippen MR) is 74.0 cm³/mol. The number of anilines is 1. The standard InChI is InChI=1S/C13H9ClFN5/c14-8-1-4-10(5-2-8)20-13(17-18-19-20)11-6-3-9(16)7-12(11)15/h1-7H,16H2. The average Bonchev–Trinajstić information content (AvgIpc) is 2.88. The minimum Gasteiger partial charge on any atom is -0.399 e. The molecule has 0 unspecified atom stereocenters. The first-order valence-corrected chi connectivity index (χ1v) is 6.12. The molecular formula is C13H9ClFN5. The highest BCUT2D eigenvalue weighted by molar-refractivity contribution is 6.30. The van der Waals surface area contributed by atoms with Gasteiger partial charge in [-0.25, -0.2) is 4.39 Å². The molecule has 2 N–H and O–H groups in total. The van der Waals surface area contributed by atoms with E-state index in [2.05, 4.69) is 15.5 Å². The van der Waals surface area contributed by atoms with Crippen LogP contribution in [0.15, 0.2) is 42.5 Å². The molecule has 0 aliphatic carbocycles. The van der Waals surface area contributed by atoms with Crippen LogP contribution in [0.1, 0.15) is 0 Å². The molecule has 3 rings (SSSR count). The van der Waals surface area contributed by atoms with Crippen molar-refractivity contribution in [2.75, 3.05) is 5.73 Å². The second-order valence-electron chi connectivity index (χ2n) is 4.13. The fraction of sp³-hybridized carbons (Fsp3) is 0. The normalized spacial score (nSPS) is 10.7. The molecule has 2 aromatic carbocycles. The second-order valence-corrected chi connectivity index (χ2v) is 4.57.